The highest BCUT2D eigenvalue weighted by Gasteiger charge is 2.29. The number of nitrogens with two attached hydrogens (primary N) is 1. The second-order valence-electron chi connectivity index (χ2n) is 5.28. The third kappa shape index (κ3) is 2.80. The first-order valence-corrected chi connectivity index (χ1v) is 7.30. The Hall–Kier alpha value is -1.85. The molecule has 1 atom stereocenters. The van der Waals surface area contributed by atoms with E-state index < -0.39 is 0 Å². The molecule has 0 spiro atoms. The van der Waals surface area contributed by atoms with Crippen LogP contribution in [0.4, 0.5) is 11.6 Å². The predicted molar refractivity (Wildman–Crippen MR) is 85.5 cm³/mol. The zero-order valence-electron chi connectivity index (χ0n) is 11.9. The highest BCUT2D eigenvalue weighted by atomic mass is 35.5. The van der Waals surface area contributed by atoms with Gasteiger partial charge >= 0.3 is 0 Å². The van der Waals surface area contributed by atoms with Crippen LogP contribution in [0.3, 0.4) is 0 Å². The Bertz CT molecular complexity index is 619. The van der Waals surface area contributed by atoms with Crippen LogP contribution >= 0.6 is 11.6 Å². The van der Waals surface area contributed by atoms with Crippen molar-refractivity contribution in [3.05, 3.63) is 47.2 Å². The molecule has 1 unspecified atom stereocenters. The van der Waals surface area contributed by atoms with Gasteiger partial charge in [-0.25, -0.2) is 9.97 Å². The first-order chi connectivity index (χ1) is 10.2. The van der Waals surface area contributed by atoms with Crippen LogP contribution in [0.2, 0.25) is 5.02 Å². The summed E-state index contributed by atoms with van der Waals surface area (Å²) in [5, 5.41) is 0.433. The number of nitrogen functional groups attached to an aromatic ring is 1. The normalized spacial score (nSPS) is 19.7. The summed E-state index contributed by atoms with van der Waals surface area (Å²) in [7, 11) is 2.13. The Morgan fingerprint density at radius 2 is 1.95 bits per heavy atom. The lowest BCUT2D eigenvalue weighted by atomic mass is 10.0. The van der Waals surface area contributed by atoms with E-state index in [4.69, 9.17) is 17.3 Å². The maximum atomic E-state index is 6.31. The highest BCUT2D eigenvalue weighted by molar-refractivity contribution is 6.35. The molecule has 0 bridgehead atoms. The number of nitrogens with zero attached hydrogens (tertiary/aromatic N) is 4. The predicted octanol–water partition coefficient (Wildman–Crippen LogP) is 2.21. The first kappa shape index (κ1) is 14.1. The molecular weight excluding hydrogens is 286 g/mol. The Kier molecular flexibility index (Phi) is 3.94. The lowest BCUT2D eigenvalue weighted by molar-refractivity contribution is 0.268. The Labute approximate surface area is 129 Å². The summed E-state index contributed by atoms with van der Waals surface area (Å²) in [6.07, 6.45) is 1.47. The lowest BCUT2D eigenvalue weighted by Gasteiger charge is -2.41. The molecule has 3 rings (SSSR count). The Balaban J connectivity index is 2.00. The zero-order valence-corrected chi connectivity index (χ0v) is 12.7. The van der Waals surface area contributed by atoms with E-state index in [9.17, 15) is 0 Å². The van der Waals surface area contributed by atoms with Crippen molar-refractivity contribution >= 4 is 23.2 Å². The number of hydrogen-bond donors (Lipinski definition) is 1. The van der Waals surface area contributed by atoms with Crippen molar-refractivity contribution in [2.45, 2.75) is 6.04 Å². The maximum absolute atomic E-state index is 6.31. The smallest absolute Gasteiger partial charge is 0.153 e. The van der Waals surface area contributed by atoms with E-state index >= 15 is 0 Å². The molecule has 0 aliphatic carbocycles. The summed E-state index contributed by atoms with van der Waals surface area (Å²) in [4.78, 5) is 12.8. The minimum atomic E-state index is 0.205. The van der Waals surface area contributed by atoms with Crippen LogP contribution < -0.4 is 10.6 Å². The Morgan fingerprint density at radius 3 is 2.71 bits per heavy atom. The summed E-state index contributed by atoms with van der Waals surface area (Å²) in [6.45, 7) is 2.74. The molecule has 6 heteroatoms. The Morgan fingerprint density at radius 1 is 1.19 bits per heavy atom. The van der Waals surface area contributed by atoms with Crippen molar-refractivity contribution < 1.29 is 0 Å². The summed E-state index contributed by atoms with van der Waals surface area (Å²) in [6, 6.07) is 10.6. The molecule has 21 heavy (non-hydrogen) atoms. The monoisotopic (exact) mass is 303 g/mol. The molecule has 5 nitrogen and oxygen atoms in total. The van der Waals surface area contributed by atoms with Gasteiger partial charge in [0.05, 0.1) is 6.04 Å². The second-order valence-corrected chi connectivity index (χ2v) is 5.66. The molecule has 1 aliphatic heterocycles. The standard InChI is InChI=1S/C15H18ClN5/c1-20-7-8-21(15-13(16)14(17)18-10-19-15)12(9-20)11-5-3-2-4-6-11/h2-6,10,12H,7-9H2,1H3,(H2,17,18,19). The molecule has 0 radical (unpaired) electrons. The molecule has 1 aliphatic rings. The van der Waals surface area contributed by atoms with Gasteiger partial charge in [0.2, 0.25) is 0 Å². The van der Waals surface area contributed by atoms with E-state index in [1.807, 2.05) is 6.07 Å². The topological polar surface area (TPSA) is 58.3 Å². The number of piperazine rings is 1. The van der Waals surface area contributed by atoms with Gasteiger partial charge in [-0.2, -0.15) is 0 Å². The summed E-state index contributed by atoms with van der Waals surface area (Å²) >= 11 is 6.31. The fraction of sp³-hybridized carbons (Fsp3) is 0.333. The molecule has 1 aromatic carbocycles. The van der Waals surface area contributed by atoms with Gasteiger partial charge in [0, 0.05) is 19.6 Å². The number of likely N-dealkylation sites (N-methyl/N-ethyl adjacent to an activating group) is 1. The lowest BCUT2D eigenvalue weighted by Crippen LogP contribution is -2.47. The van der Waals surface area contributed by atoms with Crippen molar-refractivity contribution in [3.8, 4) is 0 Å². The summed E-state index contributed by atoms with van der Waals surface area (Å²) < 4.78 is 0. The molecule has 110 valence electrons. The van der Waals surface area contributed by atoms with Crippen LogP contribution in [0, 0.1) is 0 Å². The SMILES string of the molecule is CN1CCN(c2ncnc(N)c2Cl)C(c2ccccc2)C1. The zero-order chi connectivity index (χ0) is 14.8. The number of rotatable bonds is 2. The summed E-state index contributed by atoms with van der Waals surface area (Å²) in [5.74, 6) is 1.04. The number of benzene rings is 1. The molecule has 2 heterocycles. The number of anilines is 2. The van der Waals surface area contributed by atoms with Crippen molar-refractivity contribution in [2.24, 2.45) is 0 Å². The van der Waals surface area contributed by atoms with Crippen molar-refractivity contribution in [1.29, 1.82) is 0 Å². The van der Waals surface area contributed by atoms with Gasteiger partial charge in [-0.05, 0) is 12.6 Å². The highest BCUT2D eigenvalue weighted by Crippen LogP contribution is 2.34. The molecule has 0 amide bonds. The van der Waals surface area contributed by atoms with Crippen LogP contribution in [0.15, 0.2) is 36.7 Å². The van der Waals surface area contributed by atoms with Gasteiger partial charge in [0.25, 0.3) is 0 Å². The van der Waals surface area contributed by atoms with Crippen molar-refractivity contribution in [2.75, 3.05) is 37.3 Å². The minimum Gasteiger partial charge on any atom is -0.382 e. The molecular formula is C15H18ClN5. The van der Waals surface area contributed by atoms with Crippen molar-refractivity contribution in [1.82, 2.24) is 14.9 Å². The maximum Gasteiger partial charge on any atom is 0.153 e. The van der Waals surface area contributed by atoms with Gasteiger partial charge in [0.15, 0.2) is 5.82 Å². The minimum absolute atomic E-state index is 0.205. The number of halogens is 1. The number of aromatic nitrogens is 2. The molecule has 2 N–H and O–H groups in total. The van der Waals surface area contributed by atoms with Gasteiger partial charge < -0.3 is 15.5 Å². The average molecular weight is 304 g/mol. The van der Waals surface area contributed by atoms with E-state index in [2.05, 4.69) is 51.1 Å². The largest absolute Gasteiger partial charge is 0.382 e. The van der Waals surface area contributed by atoms with Crippen LogP contribution in [-0.4, -0.2) is 41.5 Å². The van der Waals surface area contributed by atoms with E-state index in [1.54, 1.807) is 0 Å². The quantitative estimate of drug-likeness (QED) is 0.922. The second kappa shape index (κ2) is 5.87. The van der Waals surface area contributed by atoms with E-state index in [-0.39, 0.29) is 6.04 Å². The van der Waals surface area contributed by atoms with Crippen LogP contribution in [0.1, 0.15) is 11.6 Å². The van der Waals surface area contributed by atoms with Gasteiger partial charge in [-0.1, -0.05) is 41.9 Å². The fourth-order valence-electron chi connectivity index (χ4n) is 2.71. The third-order valence-electron chi connectivity index (χ3n) is 3.84. The van der Waals surface area contributed by atoms with E-state index in [0.29, 0.717) is 16.7 Å². The summed E-state index contributed by atoms with van der Waals surface area (Å²) in [5.41, 5.74) is 7.07. The first-order valence-electron chi connectivity index (χ1n) is 6.93. The molecule has 2 aromatic rings. The molecule has 1 aromatic heterocycles. The van der Waals surface area contributed by atoms with E-state index in [1.165, 1.54) is 11.9 Å². The number of hydrogen-bond acceptors (Lipinski definition) is 5. The van der Waals surface area contributed by atoms with Crippen molar-refractivity contribution in [3.63, 3.8) is 0 Å². The van der Waals surface area contributed by atoms with Gasteiger partial charge in [0.1, 0.15) is 17.2 Å². The molecule has 1 fully saturated rings. The van der Waals surface area contributed by atoms with Gasteiger partial charge in [-0.3, -0.25) is 0 Å². The van der Waals surface area contributed by atoms with E-state index in [0.717, 1.165) is 19.6 Å². The van der Waals surface area contributed by atoms with Crippen LogP contribution in [0.5, 0.6) is 0 Å². The van der Waals surface area contributed by atoms with Crippen LogP contribution in [-0.2, 0) is 0 Å². The third-order valence-corrected chi connectivity index (χ3v) is 4.20. The molecule has 0 saturated carbocycles. The van der Waals surface area contributed by atoms with Crippen LogP contribution in [0.25, 0.3) is 0 Å². The molecule has 1 saturated heterocycles. The fourth-order valence-corrected chi connectivity index (χ4v) is 2.91. The average Bonchev–Trinajstić information content (AvgIpc) is 2.51. The van der Waals surface area contributed by atoms with Gasteiger partial charge in [-0.15, -0.1) is 0 Å².